The third-order valence-electron chi connectivity index (χ3n) is 2.72. The lowest BCUT2D eigenvalue weighted by molar-refractivity contribution is -0.118. The van der Waals surface area contributed by atoms with Crippen LogP contribution in [0.5, 0.6) is 0 Å². The number of aromatic nitrogens is 1. The second-order valence-electron chi connectivity index (χ2n) is 4.71. The van der Waals surface area contributed by atoms with Crippen molar-refractivity contribution >= 4 is 17.6 Å². The topological polar surface area (TPSA) is 74.3 Å². The van der Waals surface area contributed by atoms with Crippen LogP contribution < -0.4 is 15.5 Å². The van der Waals surface area contributed by atoms with E-state index in [9.17, 15) is 9.59 Å². The normalized spacial score (nSPS) is 9.95. The first-order chi connectivity index (χ1) is 9.52. The molecule has 0 unspecified atom stereocenters. The molecule has 0 saturated heterocycles. The fourth-order valence-corrected chi connectivity index (χ4v) is 1.74. The molecule has 20 heavy (non-hydrogen) atoms. The molecule has 0 aliphatic rings. The number of rotatable bonds is 7. The highest BCUT2D eigenvalue weighted by Gasteiger charge is 2.12. The maximum absolute atomic E-state index is 12.1. The van der Waals surface area contributed by atoms with E-state index in [4.69, 9.17) is 0 Å². The third kappa shape index (κ3) is 5.26. The molecule has 0 bridgehead atoms. The van der Waals surface area contributed by atoms with Crippen LogP contribution in [-0.2, 0) is 4.79 Å². The summed E-state index contributed by atoms with van der Waals surface area (Å²) in [7, 11) is 3.71. The molecule has 2 N–H and O–H groups in total. The molecule has 0 fully saturated rings. The summed E-state index contributed by atoms with van der Waals surface area (Å²) in [6, 6.07) is 3.51. The van der Waals surface area contributed by atoms with Gasteiger partial charge in [-0.3, -0.25) is 9.59 Å². The summed E-state index contributed by atoms with van der Waals surface area (Å²) < 4.78 is 0. The van der Waals surface area contributed by atoms with Gasteiger partial charge in [-0.15, -0.1) is 0 Å². The first-order valence-corrected chi connectivity index (χ1v) is 6.67. The van der Waals surface area contributed by atoms with Crippen molar-refractivity contribution < 1.29 is 9.59 Å². The highest BCUT2D eigenvalue weighted by molar-refractivity contribution is 5.98. The van der Waals surface area contributed by atoms with E-state index in [0.717, 1.165) is 12.8 Å². The minimum atomic E-state index is -0.124. The second-order valence-corrected chi connectivity index (χ2v) is 4.71. The van der Waals surface area contributed by atoms with E-state index in [2.05, 4.69) is 15.6 Å². The fourth-order valence-electron chi connectivity index (χ4n) is 1.74. The maximum atomic E-state index is 12.1. The number of nitrogens with zero attached hydrogens (tertiary/aromatic N) is 2. The Bertz CT molecular complexity index is 460. The molecule has 0 aliphatic carbocycles. The lowest BCUT2D eigenvalue weighted by Gasteiger charge is -2.15. The molecule has 2 amide bonds. The Kier molecular flexibility index (Phi) is 6.49. The Balaban J connectivity index is 2.38. The lowest BCUT2D eigenvalue weighted by Crippen LogP contribution is -2.28. The Hall–Kier alpha value is -2.11. The van der Waals surface area contributed by atoms with Crippen LogP contribution in [0.4, 0.5) is 5.82 Å². The van der Waals surface area contributed by atoms with Crippen molar-refractivity contribution in [1.29, 1.82) is 0 Å². The zero-order valence-corrected chi connectivity index (χ0v) is 12.3. The first kappa shape index (κ1) is 15.9. The Morgan fingerprint density at radius 2 is 1.85 bits per heavy atom. The van der Waals surface area contributed by atoms with Crippen LogP contribution in [0.15, 0.2) is 18.3 Å². The number of pyridine rings is 1. The fraction of sp³-hybridized carbons (Fsp3) is 0.500. The molecule has 6 heteroatoms. The Morgan fingerprint density at radius 3 is 2.45 bits per heavy atom. The van der Waals surface area contributed by atoms with Crippen LogP contribution in [0.3, 0.4) is 0 Å². The summed E-state index contributed by atoms with van der Waals surface area (Å²) in [5.41, 5.74) is 0.569. The summed E-state index contributed by atoms with van der Waals surface area (Å²) >= 11 is 0. The Labute approximate surface area is 119 Å². The van der Waals surface area contributed by atoms with Crippen LogP contribution >= 0.6 is 0 Å². The quantitative estimate of drug-likeness (QED) is 0.723. The van der Waals surface area contributed by atoms with Crippen molar-refractivity contribution in [2.24, 2.45) is 0 Å². The number of amides is 2. The molecule has 1 aromatic rings. The van der Waals surface area contributed by atoms with Gasteiger partial charge < -0.3 is 15.5 Å². The van der Waals surface area contributed by atoms with Gasteiger partial charge in [0.25, 0.3) is 5.91 Å². The van der Waals surface area contributed by atoms with Crippen LogP contribution in [0.2, 0.25) is 0 Å². The summed E-state index contributed by atoms with van der Waals surface area (Å²) in [5, 5.41) is 5.59. The number of nitrogens with one attached hydrogen (secondary N) is 2. The number of carbonyl (C=O) groups excluding carboxylic acids is 2. The largest absolute Gasteiger partial charge is 0.362 e. The van der Waals surface area contributed by atoms with Crippen LogP contribution in [-0.4, -0.2) is 44.0 Å². The number of carbonyl (C=O) groups is 2. The van der Waals surface area contributed by atoms with Gasteiger partial charge in [0.1, 0.15) is 5.82 Å². The molecule has 1 rings (SSSR count). The van der Waals surface area contributed by atoms with Crippen molar-refractivity contribution in [3.8, 4) is 0 Å². The van der Waals surface area contributed by atoms with Crippen molar-refractivity contribution in [2.75, 3.05) is 32.1 Å². The van der Waals surface area contributed by atoms with E-state index >= 15 is 0 Å². The summed E-state index contributed by atoms with van der Waals surface area (Å²) in [6.07, 6.45) is 3.33. The van der Waals surface area contributed by atoms with Crippen molar-refractivity contribution in [3.05, 3.63) is 23.9 Å². The van der Waals surface area contributed by atoms with E-state index in [1.54, 1.807) is 18.3 Å². The molecule has 0 radical (unpaired) electrons. The molecule has 0 aromatic carbocycles. The summed E-state index contributed by atoms with van der Waals surface area (Å²) in [5.74, 6) is 0.504. The average Bonchev–Trinajstić information content (AvgIpc) is 2.42. The van der Waals surface area contributed by atoms with Gasteiger partial charge in [0.2, 0.25) is 5.91 Å². The van der Waals surface area contributed by atoms with Crippen LogP contribution in [0.1, 0.15) is 30.1 Å². The third-order valence-corrected chi connectivity index (χ3v) is 2.72. The van der Waals surface area contributed by atoms with Crippen molar-refractivity contribution in [1.82, 2.24) is 15.6 Å². The number of unbranched alkanes of at least 4 members (excludes halogenated alkanes) is 1. The molecule has 110 valence electrons. The van der Waals surface area contributed by atoms with Gasteiger partial charge in [-0.2, -0.15) is 0 Å². The average molecular weight is 278 g/mol. The molecule has 0 saturated carbocycles. The lowest BCUT2D eigenvalue weighted by atomic mass is 10.2. The van der Waals surface area contributed by atoms with Gasteiger partial charge in [0.15, 0.2) is 0 Å². The van der Waals surface area contributed by atoms with E-state index < -0.39 is 0 Å². The van der Waals surface area contributed by atoms with Gasteiger partial charge in [-0.05, 0) is 25.0 Å². The molecule has 0 aliphatic heterocycles. The minimum absolute atomic E-state index is 0.0278. The molecular formula is C14H22N4O2. The minimum Gasteiger partial charge on any atom is -0.362 e. The standard InChI is InChI=1S/C14H22N4O2/c1-11(19)15-8-4-5-9-17-14(20)12-7-6-10-16-13(12)18(2)3/h6-7,10H,4-5,8-9H2,1-3H3,(H,15,19)(H,17,20). The summed E-state index contributed by atoms with van der Waals surface area (Å²) in [4.78, 5) is 28.7. The van der Waals surface area contributed by atoms with Crippen LogP contribution in [0.25, 0.3) is 0 Å². The van der Waals surface area contributed by atoms with Crippen LogP contribution in [0, 0.1) is 0 Å². The zero-order chi connectivity index (χ0) is 15.0. The monoisotopic (exact) mass is 278 g/mol. The highest BCUT2D eigenvalue weighted by Crippen LogP contribution is 2.13. The molecule has 6 nitrogen and oxygen atoms in total. The van der Waals surface area contributed by atoms with E-state index in [0.29, 0.717) is 24.5 Å². The predicted octanol–water partition coefficient (Wildman–Crippen LogP) is 0.794. The van der Waals surface area contributed by atoms with E-state index in [-0.39, 0.29) is 11.8 Å². The van der Waals surface area contributed by atoms with E-state index in [1.807, 2.05) is 19.0 Å². The molecule has 1 heterocycles. The molecule has 0 atom stereocenters. The Morgan fingerprint density at radius 1 is 1.20 bits per heavy atom. The molecular weight excluding hydrogens is 256 g/mol. The maximum Gasteiger partial charge on any atom is 0.255 e. The number of hydrogen-bond acceptors (Lipinski definition) is 4. The molecule has 1 aromatic heterocycles. The number of anilines is 1. The van der Waals surface area contributed by atoms with Crippen molar-refractivity contribution in [2.45, 2.75) is 19.8 Å². The van der Waals surface area contributed by atoms with Gasteiger partial charge in [-0.1, -0.05) is 0 Å². The van der Waals surface area contributed by atoms with Gasteiger partial charge in [0, 0.05) is 40.3 Å². The SMILES string of the molecule is CC(=O)NCCCCNC(=O)c1cccnc1N(C)C. The second kappa shape index (κ2) is 8.14. The molecule has 0 spiro atoms. The smallest absolute Gasteiger partial charge is 0.255 e. The van der Waals surface area contributed by atoms with Gasteiger partial charge in [-0.25, -0.2) is 4.98 Å². The number of hydrogen-bond donors (Lipinski definition) is 2. The summed E-state index contributed by atoms with van der Waals surface area (Å²) in [6.45, 7) is 2.72. The zero-order valence-electron chi connectivity index (χ0n) is 12.3. The van der Waals surface area contributed by atoms with Gasteiger partial charge in [0.05, 0.1) is 5.56 Å². The predicted molar refractivity (Wildman–Crippen MR) is 78.8 cm³/mol. The van der Waals surface area contributed by atoms with Gasteiger partial charge >= 0.3 is 0 Å². The first-order valence-electron chi connectivity index (χ1n) is 6.67. The highest BCUT2D eigenvalue weighted by atomic mass is 16.2. The van der Waals surface area contributed by atoms with Crippen molar-refractivity contribution in [3.63, 3.8) is 0 Å². The van der Waals surface area contributed by atoms with E-state index in [1.165, 1.54) is 6.92 Å².